The molecule has 1 fully saturated rings. The van der Waals surface area contributed by atoms with Crippen LogP contribution in [0.1, 0.15) is 40.1 Å². The van der Waals surface area contributed by atoms with Gasteiger partial charge in [0.1, 0.15) is 23.9 Å². The van der Waals surface area contributed by atoms with E-state index in [4.69, 9.17) is 9.47 Å². The Labute approximate surface area is 169 Å². The molecule has 3 rings (SSSR count). The molecule has 0 spiro atoms. The van der Waals surface area contributed by atoms with Gasteiger partial charge in [-0.2, -0.15) is 0 Å². The van der Waals surface area contributed by atoms with Gasteiger partial charge in [-0.15, -0.1) is 0 Å². The molecule has 0 aliphatic carbocycles. The fourth-order valence-corrected chi connectivity index (χ4v) is 3.34. The van der Waals surface area contributed by atoms with Gasteiger partial charge < -0.3 is 24.6 Å². The molecule has 0 unspecified atom stereocenters. The van der Waals surface area contributed by atoms with Crippen LogP contribution >= 0.6 is 0 Å². The molecule has 154 valence electrons. The molecule has 0 bridgehead atoms. The van der Waals surface area contributed by atoms with Crippen molar-refractivity contribution < 1.29 is 29.3 Å². The van der Waals surface area contributed by atoms with Gasteiger partial charge in [-0.3, -0.25) is 9.59 Å². The van der Waals surface area contributed by atoms with E-state index in [1.54, 1.807) is 30.0 Å². The lowest BCUT2D eigenvalue weighted by Gasteiger charge is -2.43. The molecular formula is C22H25NO6. The van der Waals surface area contributed by atoms with Crippen LogP contribution in [0, 0.1) is 6.92 Å². The second-order valence-electron chi connectivity index (χ2n) is 7.73. The predicted octanol–water partition coefficient (Wildman–Crippen LogP) is 2.92. The minimum Gasteiger partial charge on any atom is -0.508 e. The zero-order chi connectivity index (χ0) is 21.2. The number of carbonyl (C=O) groups is 2. The third kappa shape index (κ3) is 4.35. The standard InChI is InChI=1S/C22H25NO6/c1-14-18(25)7-5-9-20(14)28-11-15-12-29-22(2,3)13-23(15)21(27)16-6-4-8-19(26)17(16)10-24/h4-10,15,25-26H,11-13H2,1-3H3/t15-/m1/s1. The van der Waals surface area contributed by atoms with Gasteiger partial charge >= 0.3 is 0 Å². The number of amides is 1. The molecule has 0 radical (unpaired) electrons. The normalized spacial score (nSPS) is 18.3. The minimum absolute atomic E-state index is 0.0368. The largest absolute Gasteiger partial charge is 0.508 e. The number of hydrogen-bond acceptors (Lipinski definition) is 6. The van der Waals surface area contributed by atoms with E-state index in [1.165, 1.54) is 18.2 Å². The highest BCUT2D eigenvalue weighted by molar-refractivity contribution is 6.03. The van der Waals surface area contributed by atoms with Crippen molar-refractivity contribution in [1.82, 2.24) is 4.90 Å². The van der Waals surface area contributed by atoms with Crippen molar-refractivity contribution in [2.24, 2.45) is 0 Å². The van der Waals surface area contributed by atoms with E-state index in [0.717, 1.165) is 0 Å². The van der Waals surface area contributed by atoms with E-state index >= 15 is 0 Å². The number of phenols is 2. The Morgan fingerprint density at radius 1 is 1.24 bits per heavy atom. The van der Waals surface area contributed by atoms with Crippen LogP contribution < -0.4 is 4.74 Å². The number of morpholine rings is 1. The third-order valence-corrected chi connectivity index (χ3v) is 5.04. The molecule has 1 aliphatic heterocycles. The maximum absolute atomic E-state index is 13.3. The first kappa shape index (κ1) is 20.7. The van der Waals surface area contributed by atoms with E-state index in [-0.39, 0.29) is 41.7 Å². The van der Waals surface area contributed by atoms with Crippen LogP contribution in [0.2, 0.25) is 0 Å². The smallest absolute Gasteiger partial charge is 0.255 e. The summed E-state index contributed by atoms with van der Waals surface area (Å²) in [6.45, 7) is 6.22. The number of aldehydes is 1. The van der Waals surface area contributed by atoms with Crippen molar-refractivity contribution in [1.29, 1.82) is 0 Å². The Kier molecular flexibility index (Phi) is 5.79. The van der Waals surface area contributed by atoms with Gasteiger partial charge in [0.15, 0.2) is 6.29 Å². The van der Waals surface area contributed by atoms with Gasteiger partial charge in [0.05, 0.1) is 29.4 Å². The van der Waals surface area contributed by atoms with E-state index in [2.05, 4.69) is 0 Å². The summed E-state index contributed by atoms with van der Waals surface area (Å²) in [4.78, 5) is 26.3. The Morgan fingerprint density at radius 3 is 2.66 bits per heavy atom. The highest BCUT2D eigenvalue weighted by Gasteiger charge is 2.38. The monoisotopic (exact) mass is 399 g/mol. The second-order valence-corrected chi connectivity index (χ2v) is 7.73. The molecule has 29 heavy (non-hydrogen) atoms. The Bertz CT molecular complexity index is 924. The summed E-state index contributed by atoms with van der Waals surface area (Å²) >= 11 is 0. The highest BCUT2D eigenvalue weighted by Crippen LogP contribution is 2.29. The Morgan fingerprint density at radius 2 is 1.93 bits per heavy atom. The van der Waals surface area contributed by atoms with Crippen LogP contribution in [0.25, 0.3) is 0 Å². The maximum atomic E-state index is 13.3. The van der Waals surface area contributed by atoms with Gasteiger partial charge in [0.25, 0.3) is 5.91 Å². The van der Waals surface area contributed by atoms with Crippen LogP contribution in [-0.4, -0.2) is 58.7 Å². The highest BCUT2D eigenvalue weighted by atomic mass is 16.5. The van der Waals surface area contributed by atoms with Crippen molar-refractivity contribution in [2.45, 2.75) is 32.4 Å². The summed E-state index contributed by atoms with van der Waals surface area (Å²) in [6, 6.07) is 9.02. The molecule has 0 aromatic heterocycles. The molecule has 1 heterocycles. The number of rotatable bonds is 5. The number of carbonyl (C=O) groups excluding carboxylic acids is 2. The van der Waals surface area contributed by atoms with Crippen molar-refractivity contribution in [3.8, 4) is 17.2 Å². The van der Waals surface area contributed by atoms with E-state index < -0.39 is 11.6 Å². The molecule has 2 N–H and O–H groups in total. The van der Waals surface area contributed by atoms with Gasteiger partial charge in [0, 0.05) is 12.1 Å². The zero-order valence-electron chi connectivity index (χ0n) is 16.7. The molecule has 1 saturated heterocycles. The van der Waals surface area contributed by atoms with Crippen LogP contribution in [0.4, 0.5) is 0 Å². The lowest BCUT2D eigenvalue weighted by Crippen LogP contribution is -2.58. The van der Waals surface area contributed by atoms with Crippen molar-refractivity contribution >= 4 is 12.2 Å². The van der Waals surface area contributed by atoms with Crippen LogP contribution in [0.5, 0.6) is 17.2 Å². The van der Waals surface area contributed by atoms with E-state index in [1.807, 2.05) is 13.8 Å². The van der Waals surface area contributed by atoms with Gasteiger partial charge in [-0.1, -0.05) is 12.1 Å². The summed E-state index contributed by atoms with van der Waals surface area (Å²) in [5, 5.41) is 19.8. The molecule has 7 heteroatoms. The fraction of sp³-hybridized carbons (Fsp3) is 0.364. The average molecular weight is 399 g/mol. The number of hydrogen-bond donors (Lipinski definition) is 2. The molecule has 2 aromatic rings. The number of phenolic OH excluding ortho intramolecular Hbond substituents is 2. The fourth-order valence-electron chi connectivity index (χ4n) is 3.34. The first-order chi connectivity index (χ1) is 13.7. The topological polar surface area (TPSA) is 96.3 Å². The Hall–Kier alpha value is -3.06. The van der Waals surface area contributed by atoms with E-state index in [0.29, 0.717) is 24.1 Å². The second kappa shape index (κ2) is 8.13. The minimum atomic E-state index is -0.564. The van der Waals surface area contributed by atoms with Gasteiger partial charge in [-0.25, -0.2) is 0 Å². The summed E-state index contributed by atoms with van der Waals surface area (Å²) < 4.78 is 11.7. The average Bonchev–Trinajstić information content (AvgIpc) is 2.68. The lowest BCUT2D eigenvalue weighted by atomic mass is 10.0. The lowest BCUT2D eigenvalue weighted by molar-refractivity contribution is -0.108. The summed E-state index contributed by atoms with van der Waals surface area (Å²) in [6.07, 6.45) is 0.482. The third-order valence-electron chi connectivity index (χ3n) is 5.04. The summed E-state index contributed by atoms with van der Waals surface area (Å²) in [7, 11) is 0. The SMILES string of the molecule is Cc1c(O)cccc1OC[C@@H]1COC(C)(C)CN1C(=O)c1cccc(O)c1C=O. The van der Waals surface area contributed by atoms with Crippen LogP contribution in [0.3, 0.4) is 0 Å². The number of ether oxygens (including phenoxy) is 2. The summed E-state index contributed by atoms with van der Waals surface area (Å²) in [5.74, 6) is 0.0437. The van der Waals surface area contributed by atoms with Gasteiger partial charge in [-0.05, 0) is 45.0 Å². The molecular weight excluding hydrogens is 374 g/mol. The molecule has 7 nitrogen and oxygen atoms in total. The zero-order valence-corrected chi connectivity index (χ0v) is 16.7. The summed E-state index contributed by atoms with van der Waals surface area (Å²) in [5.41, 5.74) is 0.144. The number of benzene rings is 2. The first-order valence-corrected chi connectivity index (χ1v) is 9.37. The van der Waals surface area contributed by atoms with E-state index in [9.17, 15) is 19.8 Å². The van der Waals surface area contributed by atoms with Crippen molar-refractivity contribution in [3.05, 3.63) is 53.1 Å². The number of nitrogens with zero attached hydrogens (tertiary/aromatic N) is 1. The number of aromatic hydroxyl groups is 2. The van der Waals surface area contributed by atoms with Gasteiger partial charge in [0.2, 0.25) is 0 Å². The molecule has 2 aromatic carbocycles. The molecule has 1 amide bonds. The van der Waals surface area contributed by atoms with Crippen LogP contribution in [-0.2, 0) is 4.74 Å². The molecule has 1 atom stereocenters. The maximum Gasteiger partial charge on any atom is 0.255 e. The quantitative estimate of drug-likeness (QED) is 0.751. The first-order valence-electron chi connectivity index (χ1n) is 9.37. The Balaban J connectivity index is 1.86. The molecule has 1 aliphatic rings. The predicted molar refractivity (Wildman–Crippen MR) is 107 cm³/mol. The van der Waals surface area contributed by atoms with Crippen LogP contribution in [0.15, 0.2) is 36.4 Å². The molecule has 0 saturated carbocycles. The van der Waals surface area contributed by atoms with Crippen molar-refractivity contribution in [2.75, 3.05) is 19.8 Å². The van der Waals surface area contributed by atoms with Crippen molar-refractivity contribution in [3.63, 3.8) is 0 Å².